The second-order valence-corrected chi connectivity index (χ2v) is 7.24. The molecule has 1 aromatic heterocycles. The van der Waals surface area contributed by atoms with E-state index in [2.05, 4.69) is 10.5 Å². The van der Waals surface area contributed by atoms with Crippen LogP contribution in [0.2, 0.25) is 0 Å². The summed E-state index contributed by atoms with van der Waals surface area (Å²) in [6.07, 6.45) is -3.71. The number of amides is 2. The van der Waals surface area contributed by atoms with E-state index in [0.717, 1.165) is 12.1 Å². The van der Waals surface area contributed by atoms with Gasteiger partial charge in [0.05, 0.1) is 16.9 Å². The van der Waals surface area contributed by atoms with Crippen LogP contribution in [0.5, 0.6) is 0 Å². The zero-order valence-electron chi connectivity index (χ0n) is 15.6. The monoisotopic (exact) mass is 397 g/mol. The third kappa shape index (κ3) is 4.06. The molecule has 0 atom stereocenters. The van der Waals surface area contributed by atoms with E-state index in [-0.39, 0.29) is 5.88 Å². The molecule has 2 heterocycles. The van der Waals surface area contributed by atoms with Crippen molar-refractivity contribution in [3.8, 4) is 0 Å². The molecule has 1 aliphatic rings. The van der Waals surface area contributed by atoms with Gasteiger partial charge in [-0.3, -0.25) is 10.3 Å². The fraction of sp³-hybridized carbons (Fsp3) is 0.444. The summed E-state index contributed by atoms with van der Waals surface area (Å²) >= 11 is 0. The van der Waals surface area contributed by atoms with Gasteiger partial charge < -0.3 is 10.3 Å². The molecule has 3 N–H and O–H groups in total. The first-order valence-electron chi connectivity index (χ1n) is 8.82. The van der Waals surface area contributed by atoms with E-state index in [1.54, 1.807) is 11.1 Å². The van der Waals surface area contributed by atoms with Gasteiger partial charge in [-0.1, -0.05) is 19.0 Å². The molecule has 7 nitrogen and oxygen atoms in total. The number of anilines is 2. The Balaban J connectivity index is 1.71. The molecular formula is C18H22F3N5O2. The summed E-state index contributed by atoms with van der Waals surface area (Å²) in [5, 5.41) is 9.64. The SMILES string of the molecule is CC(C)(CN)c1cc(NC(=O)N2CCCN2c2ccc(C(F)(F)F)cc2)on1. The van der Waals surface area contributed by atoms with Crippen LogP contribution in [0.4, 0.5) is 29.5 Å². The highest BCUT2D eigenvalue weighted by Crippen LogP contribution is 2.32. The first-order valence-corrected chi connectivity index (χ1v) is 8.82. The summed E-state index contributed by atoms with van der Waals surface area (Å²) in [5.74, 6) is 0.181. The number of benzene rings is 1. The van der Waals surface area contributed by atoms with Crippen LogP contribution in [0.1, 0.15) is 31.5 Å². The number of alkyl halides is 3. The van der Waals surface area contributed by atoms with Gasteiger partial charge in [0.15, 0.2) is 0 Å². The van der Waals surface area contributed by atoms with Gasteiger partial charge >= 0.3 is 12.2 Å². The quantitative estimate of drug-likeness (QED) is 0.823. The largest absolute Gasteiger partial charge is 0.416 e. The number of hydrogen-bond donors (Lipinski definition) is 2. The van der Waals surface area contributed by atoms with E-state index in [0.29, 0.717) is 37.4 Å². The minimum atomic E-state index is -4.40. The average Bonchev–Trinajstić information content (AvgIpc) is 3.31. The highest BCUT2D eigenvalue weighted by Gasteiger charge is 2.32. The molecule has 1 fully saturated rings. The predicted molar refractivity (Wildman–Crippen MR) is 97.7 cm³/mol. The summed E-state index contributed by atoms with van der Waals surface area (Å²) in [5.41, 5.74) is 5.70. The number of aromatic nitrogens is 1. The number of rotatable bonds is 4. The van der Waals surface area contributed by atoms with Crippen LogP contribution < -0.4 is 16.1 Å². The van der Waals surface area contributed by atoms with Crippen molar-refractivity contribution in [3.05, 3.63) is 41.6 Å². The zero-order valence-corrected chi connectivity index (χ0v) is 15.6. The van der Waals surface area contributed by atoms with E-state index in [1.807, 2.05) is 13.8 Å². The van der Waals surface area contributed by atoms with Gasteiger partial charge in [0.1, 0.15) is 0 Å². The van der Waals surface area contributed by atoms with Crippen molar-refractivity contribution in [1.29, 1.82) is 0 Å². The predicted octanol–water partition coefficient (Wildman–Crippen LogP) is 3.59. The number of urea groups is 1. The van der Waals surface area contributed by atoms with Crippen molar-refractivity contribution in [2.45, 2.75) is 31.9 Å². The highest BCUT2D eigenvalue weighted by molar-refractivity contribution is 5.89. The Bertz CT molecular complexity index is 832. The number of nitrogens with zero attached hydrogens (tertiary/aromatic N) is 3. The minimum Gasteiger partial charge on any atom is -0.338 e. The first kappa shape index (κ1) is 20.0. The lowest BCUT2D eigenvalue weighted by Gasteiger charge is -2.29. The Kier molecular flexibility index (Phi) is 5.24. The fourth-order valence-corrected chi connectivity index (χ4v) is 2.84. The van der Waals surface area contributed by atoms with E-state index in [1.165, 1.54) is 17.1 Å². The number of halogens is 3. The molecule has 0 aliphatic carbocycles. The third-order valence-electron chi connectivity index (χ3n) is 4.70. The molecule has 0 unspecified atom stereocenters. The van der Waals surface area contributed by atoms with Crippen LogP contribution in [-0.2, 0) is 11.6 Å². The average molecular weight is 397 g/mol. The van der Waals surface area contributed by atoms with Crippen molar-refractivity contribution in [1.82, 2.24) is 10.2 Å². The lowest BCUT2D eigenvalue weighted by atomic mass is 9.90. The van der Waals surface area contributed by atoms with Gasteiger partial charge in [-0.05, 0) is 30.7 Å². The Hall–Kier alpha value is -2.75. The second kappa shape index (κ2) is 7.34. The van der Waals surface area contributed by atoms with Crippen LogP contribution in [0.3, 0.4) is 0 Å². The van der Waals surface area contributed by atoms with Gasteiger partial charge in [-0.2, -0.15) is 13.2 Å². The van der Waals surface area contributed by atoms with E-state index < -0.39 is 23.2 Å². The molecule has 1 saturated heterocycles. The zero-order chi connectivity index (χ0) is 20.5. The van der Waals surface area contributed by atoms with Crippen LogP contribution in [0.15, 0.2) is 34.9 Å². The maximum atomic E-state index is 12.7. The summed E-state index contributed by atoms with van der Waals surface area (Å²) in [6, 6.07) is 5.87. The molecule has 0 radical (unpaired) electrons. The van der Waals surface area contributed by atoms with Crippen LogP contribution in [-0.4, -0.2) is 35.8 Å². The summed E-state index contributed by atoms with van der Waals surface area (Å²) in [4.78, 5) is 12.6. The number of hydrogen-bond acceptors (Lipinski definition) is 5. The Morgan fingerprint density at radius 3 is 2.54 bits per heavy atom. The molecule has 2 aromatic rings. The molecule has 0 saturated carbocycles. The molecule has 0 bridgehead atoms. The molecule has 2 amide bonds. The van der Waals surface area contributed by atoms with Crippen molar-refractivity contribution in [2.75, 3.05) is 30.0 Å². The number of carbonyl (C=O) groups is 1. The summed E-state index contributed by atoms with van der Waals surface area (Å²) in [7, 11) is 0. The van der Waals surface area contributed by atoms with E-state index >= 15 is 0 Å². The molecule has 1 aromatic carbocycles. The number of carbonyl (C=O) groups excluding carboxylic acids is 1. The van der Waals surface area contributed by atoms with Gasteiger partial charge in [-0.25, -0.2) is 9.80 Å². The topological polar surface area (TPSA) is 87.6 Å². The summed E-state index contributed by atoms with van der Waals surface area (Å²) < 4.78 is 43.4. The molecule has 3 rings (SSSR count). The van der Waals surface area contributed by atoms with Crippen LogP contribution >= 0.6 is 0 Å². The van der Waals surface area contributed by atoms with E-state index in [4.69, 9.17) is 10.3 Å². The lowest BCUT2D eigenvalue weighted by molar-refractivity contribution is -0.137. The first-order chi connectivity index (χ1) is 13.1. The maximum absolute atomic E-state index is 12.7. The lowest BCUT2D eigenvalue weighted by Crippen LogP contribution is -2.43. The molecule has 28 heavy (non-hydrogen) atoms. The number of hydrazine groups is 1. The van der Waals surface area contributed by atoms with Crippen molar-refractivity contribution in [3.63, 3.8) is 0 Å². The van der Waals surface area contributed by atoms with Gasteiger partial charge in [0, 0.05) is 31.1 Å². The second-order valence-electron chi connectivity index (χ2n) is 7.24. The standard InChI is InChI=1S/C18H22F3N5O2/c1-17(2,11-22)14-10-15(28-24-14)23-16(27)26-9-3-8-25(26)13-6-4-12(5-7-13)18(19,20)21/h4-7,10H,3,8-9,11,22H2,1-2H3,(H,23,27). The molecular weight excluding hydrogens is 375 g/mol. The normalized spacial score (nSPS) is 15.2. The molecule has 0 spiro atoms. The minimum absolute atomic E-state index is 0.181. The molecule has 1 aliphatic heterocycles. The van der Waals surface area contributed by atoms with Gasteiger partial charge in [0.2, 0.25) is 5.88 Å². The fourth-order valence-electron chi connectivity index (χ4n) is 2.84. The molecule has 152 valence electrons. The van der Waals surface area contributed by atoms with Gasteiger partial charge in [0.25, 0.3) is 0 Å². The highest BCUT2D eigenvalue weighted by atomic mass is 19.4. The third-order valence-corrected chi connectivity index (χ3v) is 4.70. The van der Waals surface area contributed by atoms with Gasteiger partial charge in [-0.15, -0.1) is 0 Å². The van der Waals surface area contributed by atoms with Crippen molar-refractivity contribution < 1.29 is 22.5 Å². The van der Waals surface area contributed by atoms with E-state index in [9.17, 15) is 18.0 Å². The number of nitrogens with two attached hydrogens (primary N) is 1. The maximum Gasteiger partial charge on any atom is 0.416 e. The Morgan fingerprint density at radius 1 is 1.25 bits per heavy atom. The Labute approximate surface area is 160 Å². The number of nitrogens with one attached hydrogen (secondary N) is 1. The van der Waals surface area contributed by atoms with Crippen molar-refractivity contribution in [2.24, 2.45) is 5.73 Å². The van der Waals surface area contributed by atoms with Crippen LogP contribution in [0.25, 0.3) is 0 Å². The summed E-state index contributed by atoms with van der Waals surface area (Å²) in [6.45, 7) is 5.12. The smallest absolute Gasteiger partial charge is 0.338 e. The molecule has 10 heteroatoms. The van der Waals surface area contributed by atoms with Crippen molar-refractivity contribution >= 4 is 17.6 Å². The Morgan fingerprint density at radius 2 is 1.93 bits per heavy atom. The van der Waals surface area contributed by atoms with Crippen LogP contribution in [0, 0.1) is 0 Å².